The summed E-state index contributed by atoms with van der Waals surface area (Å²) in [6.07, 6.45) is 1.97. The van der Waals surface area contributed by atoms with Crippen LogP contribution in [0.15, 0.2) is 48.5 Å². The van der Waals surface area contributed by atoms with Crippen molar-refractivity contribution in [2.45, 2.75) is 31.8 Å². The minimum Gasteiger partial charge on any atom is -0.465 e. The molecule has 0 bridgehead atoms. The van der Waals surface area contributed by atoms with Gasteiger partial charge in [-0.25, -0.2) is 9.59 Å². The van der Waals surface area contributed by atoms with Crippen molar-refractivity contribution in [2.24, 2.45) is 0 Å². The van der Waals surface area contributed by atoms with Gasteiger partial charge in [0, 0.05) is 23.7 Å². The van der Waals surface area contributed by atoms with E-state index in [-0.39, 0.29) is 11.8 Å². The number of esters is 2. The summed E-state index contributed by atoms with van der Waals surface area (Å²) in [4.78, 5) is 33.9. The molecule has 32 heavy (non-hydrogen) atoms. The fraction of sp³-hybridized carbons (Fsp3) is 0.375. The molecule has 2 rings (SSSR count). The summed E-state index contributed by atoms with van der Waals surface area (Å²) in [5.74, 6) is 0.280. The van der Waals surface area contributed by atoms with Crippen LogP contribution in [0.25, 0.3) is 0 Å². The molecule has 0 aliphatic heterocycles. The molecule has 0 radical (unpaired) electrons. The number of carbonyl (C=O) groups is 3. The Bertz CT molecular complexity index is 850. The van der Waals surface area contributed by atoms with Crippen LogP contribution < -0.4 is 0 Å². The van der Waals surface area contributed by atoms with E-state index < -0.39 is 12.1 Å². The number of rotatable bonds is 10. The lowest BCUT2D eigenvalue weighted by atomic mass is 10.0. The maximum Gasteiger partial charge on any atom is 0.337 e. The zero-order valence-corrected chi connectivity index (χ0v) is 19.7. The van der Waals surface area contributed by atoms with Gasteiger partial charge < -0.3 is 14.6 Å². The number of methoxy groups -OCH3 is 2. The molecular weight excluding hydrogens is 455 g/mol. The van der Waals surface area contributed by atoms with Crippen LogP contribution in [0.3, 0.4) is 0 Å². The SMILES string of the molecule is COC(=O)c1ccc(C(=O)CCCCl)cc1.COC(=O)c1ccc(C(O)CCCCl)cc1. The lowest BCUT2D eigenvalue weighted by Gasteiger charge is -2.10. The number of alkyl halides is 2. The van der Waals surface area contributed by atoms with Gasteiger partial charge in [-0.05, 0) is 49.1 Å². The molecule has 174 valence electrons. The first-order valence-corrected chi connectivity index (χ1v) is 11.1. The lowest BCUT2D eigenvalue weighted by molar-refractivity contribution is 0.0591. The van der Waals surface area contributed by atoms with Gasteiger partial charge in [-0.15, -0.1) is 23.2 Å². The number of hydrogen-bond acceptors (Lipinski definition) is 6. The van der Waals surface area contributed by atoms with Crippen LogP contribution in [0.1, 0.15) is 68.4 Å². The Morgan fingerprint density at radius 3 is 1.66 bits per heavy atom. The molecule has 0 saturated carbocycles. The van der Waals surface area contributed by atoms with Crippen molar-refractivity contribution in [3.05, 3.63) is 70.8 Å². The van der Waals surface area contributed by atoms with Crippen molar-refractivity contribution < 1.29 is 29.0 Å². The summed E-state index contributed by atoms with van der Waals surface area (Å²) in [6.45, 7) is 0. The Morgan fingerprint density at radius 2 is 1.22 bits per heavy atom. The highest BCUT2D eigenvalue weighted by molar-refractivity contribution is 6.18. The predicted octanol–water partition coefficient (Wildman–Crippen LogP) is 5.20. The highest BCUT2D eigenvalue weighted by atomic mass is 35.5. The fourth-order valence-corrected chi connectivity index (χ4v) is 2.97. The molecule has 8 heteroatoms. The quantitative estimate of drug-likeness (QED) is 0.284. The van der Waals surface area contributed by atoms with E-state index in [0.717, 1.165) is 12.0 Å². The van der Waals surface area contributed by atoms with E-state index in [0.29, 0.717) is 47.7 Å². The van der Waals surface area contributed by atoms with Crippen molar-refractivity contribution in [1.82, 2.24) is 0 Å². The third-order valence-electron chi connectivity index (χ3n) is 4.49. The van der Waals surface area contributed by atoms with Crippen LogP contribution in [0.5, 0.6) is 0 Å². The number of ether oxygens (including phenoxy) is 2. The minimum atomic E-state index is -0.523. The standard InChI is InChI=1S/C12H15ClO3.C12H13ClO3/c2*1-16-12(15)10-6-4-9(5-7-10)11(14)3-2-8-13/h4-7,11,14H,2-3,8H2,1H3;4-7H,2-3,8H2,1H3. The van der Waals surface area contributed by atoms with Crippen LogP contribution in [-0.2, 0) is 9.47 Å². The molecule has 0 aliphatic carbocycles. The molecule has 0 heterocycles. The lowest BCUT2D eigenvalue weighted by Crippen LogP contribution is -2.03. The van der Waals surface area contributed by atoms with Crippen molar-refractivity contribution in [3.63, 3.8) is 0 Å². The Hall–Kier alpha value is -2.41. The van der Waals surface area contributed by atoms with Gasteiger partial charge in [0.1, 0.15) is 0 Å². The third-order valence-corrected chi connectivity index (χ3v) is 5.03. The Balaban J connectivity index is 0.000000320. The number of aliphatic hydroxyl groups excluding tert-OH is 1. The van der Waals surface area contributed by atoms with Gasteiger partial charge in [0.2, 0.25) is 0 Å². The maximum absolute atomic E-state index is 11.6. The molecule has 0 aliphatic rings. The molecule has 0 amide bonds. The van der Waals surface area contributed by atoms with Gasteiger partial charge in [0.25, 0.3) is 0 Å². The number of aliphatic hydroxyl groups is 1. The largest absolute Gasteiger partial charge is 0.465 e. The first kappa shape index (κ1) is 27.6. The zero-order valence-electron chi connectivity index (χ0n) is 18.2. The van der Waals surface area contributed by atoms with Crippen molar-refractivity contribution >= 4 is 40.9 Å². The average molecular weight is 483 g/mol. The summed E-state index contributed by atoms with van der Waals surface area (Å²) < 4.78 is 9.14. The smallest absolute Gasteiger partial charge is 0.337 e. The van der Waals surface area contributed by atoms with Gasteiger partial charge >= 0.3 is 11.9 Å². The van der Waals surface area contributed by atoms with Crippen LogP contribution in [0.4, 0.5) is 0 Å². The van der Waals surface area contributed by atoms with Gasteiger partial charge in [-0.1, -0.05) is 24.3 Å². The van der Waals surface area contributed by atoms with E-state index >= 15 is 0 Å². The molecule has 0 fully saturated rings. The molecule has 1 atom stereocenters. The fourth-order valence-electron chi connectivity index (χ4n) is 2.68. The Labute approximate surface area is 198 Å². The minimum absolute atomic E-state index is 0.0389. The normalized spacial score (nSPS) is 11.0. The Morgan fingerprint density at radius 1 is 0.781 bits per heavy atom. The molecule has 2 aromatic rings. The monoisotopic (exact) mass is 482 g/mol. The second-order valence-electron chi connectivity index (χ2n) is 6.75. The number of ketones is 1. The molecule has 1 N–H and O–H groups in total. The molecule has 0 aromatic heterocycles. The molecular formula is C24H28Cl2O6. The first-order valence-electron chi connectivity index (χ1n) is 10.1. The summed E-state index contributed by atoms with van der Waals surface area (Å²) >= 11 is 11.1. The van der Waals surface area contributed by atoms with Crippen LogP contribution in [0.2, 0.25) is 0 Å². The number of Topliss-reactive ketones (excluding diaryl/α,β-unsaturated/α-hetero) is 1. The van der Waals surface area contributed by atoms with E-state index in [1.165, 1.54) is 14.2 Å². The number of carbonyl (C=O) groups excluding carboxylic acids is 3. The van der Waals surface area contributed by atoms with E-state index in [1.54, 1.807) is 48.5 Å². The molecule has 2 aromatic carbocycles. The molecule has 0 spiro atoms. The van der Waals surface area contributed by atoms with Crippen molar-refractivity contribution in [3.8, 4) is 0 Å². The second kappa shape index (κ2) is 15.4. The highest BCUT2D eigenvalue weighted by Gasteiger charge is 2.10. The highest BCUT2D eigenvalue weighted by Crippen LogP contribution is 2.19. The Kier molecular flexibility index (Phi) is 13.3. The van der Waals surface area contributed by atoms with Gasteiger partial charge in [0.05, 0.1) is 31.5 Å². The summed E-state index contributed by atoms with van der Waals surface area (Å²) in [6, 6.07) is 13.2. The topological polar surface area (TPSA) is 89.9 Å². The summed E-state index contributed by atoms with van der Waals surface area (Å²) in [7, 11) is 2.66. The van der Waals surface area contributed by atoms with E-state index in [4.69, 9.17) is 23.2 Å². The summed E-state index contributed by atoms with van der Waals surface area (Å²) in [5.41, 5.74) is 2.31. The second-order valence-corrected chi connectivity index (χ2v) is 7.50. The molecule has 1 unspecified atom stereocenters. The van der Waals surface area contributed by atoms with Crippen LogP contribution in [-0.4, -0.2) is 48.8 Å². The zero-order chi connectivity index (χ0) is 23.9. The summed E-state index contributed by atoms with van der Waals surface area (Å²) in [5, 5.41) is 9.76. The van der Waals surface area contributed by atoms with Gasteiger partial charge in [-0.2, -0.15) is 0 Å². The molecule has 0 saturated heterocycles. The van der Waals surface area contributed by atoms with Crippen LogP contribution in [0, 0.1) is 0 Å². The van der Waals surface area contributed by atoms with Gasteiger partial charge in [0.15, 0.2) is 5.78 Å². The molecule has 6 nitrogen and oxygen atoms in total. The average Bonchev–Trinajstić information content (AvgIpc) is 2.85. The number of halogens is 2. The maximum atomic E-state index is 11.6. The number of hydrogen-bond donors (Lipinski definition) is 1. The predicted molar refractivity (Wildman–Crippen MR) is 125 cm³/mol. The van der Waals surface area contributed by atoms with Crippen molar-refractivity contribution in [2.75, 3.05) is 26.0 Å². The van der Waals surface area contributed by atoms with Gasteiger partial charge in [-0.3, -0.25) is 4.79 Å². The van der Waals surface area contributed by atoms with E-state index in [1.807, 2.05) is 0 Å². The van der Waals surface area contributed by atoms with Crippen molar-refractivity contribution in [1.29, 1.82) is 0 Å². The van der Waals surface area contributed by atoms with Crippen LogP contribution >= 0.6 is 23.2 Å². The van der Waals surface area contributed by atoms with E-state index in [2.05, 4.69) is 9.47 Å². The number of benzene rings is 2. The third kappa shape index (κ3) is 9.39. The van der Waals surface area contributed by atoms with E-state index in [9.17, 15) is 19.5 Å². The first-order chi connectivity index (χ1) is 15.4.